The van der Waals surface area contributed by atoms with Crippen molar-refractivity contribution in [2.45, 2.75) is 25.9 Å². The van der Waals surface area contributed by atoms with Crippen molar-refractivity contribution >= 4 is 21.9 Å². The highest BCUT2D eigenvalue weighted by Gasteiger charge is 2.16. The second kappa shape index (κ2) is 4.61. The van der Waals surface area contributed by atoms with Gasteiger partial charge in [0.2, 0.25) is 0 Å². The van der Waals surface area contributed by atoms with Gasteiger partial charge >= 0.3 is 5.97 Å². The number of rotatable bonds is 4. The predicted molar refractivity (Wildman–Crippen MR) is 55.1 cm³/mol. The van der Waals surface area contributed by atoms with Crippen LogP contribution >= 0.6 is 15.9 Å². The minimum atomic E-state index is -0.873. The fourth-order valence-corrected chi connectivity index (χ4v) is 1.41. The van der Waals surface area contributed by atoms with Crippen LogP contribution in [-0.2, 0) is 4.79 Å². The van der Waals surface area contributed by atoms with Gasteiger partial charge in [-0.25, -0.2) is 0 Å². The first-order valence-corrected chi connectivity index (χ1v) is 5.04. The molecule has 2 N–H and O–H groups in total. The minimum Gasteiger partial charge on any atom is -0.480 e. The van der Waals surface area contributed by atoms with E-state index in [0.717, 1.165) is 0 Å². The average Bonchev–Trinajstić information content (AvgIpc) is 2.51. The summed E-state index contributed by atoms with van der Waals surface area (Å²) in [6.45, 7) is 3.45. The van der Waals surface area contributed by atoms with Crippen molar-refractivity contribution in [2.24, 2.45) is 0 Å². The summed E-state index contributed by atoms with van der Waals surface area (Å²) in [5.41, 5.74) is 0. The number of carboxylic acid groups (broad SMARTS) is 1. The molecule has 0 aliphatic rings. The van der Waals surface area contributed by atoms with Crippen LogP contribution in [0.5, 0.6) is 0 Å². The lowest BCUT2D eigenvalue weighted by Gasteiger charge is -2.14. The summed E-state index contributed by atoms with van der Waals surface area (Å²) < 4.78 is 5.93. The monoisotopic (exact) mass is 261 g/mol. The van der Waals surface area contributed by atoms with Crippen molar-refractivity contribution in [3.63, 3.8) is 0 Å². The first-order valence-electron chi connectivity index (χ1n) is 4.25. The van der Waals surface area contributed by atoms with Gasteiger partial charge < -0.3 is 9.52 Å². The topological polar surface area (TPSA) is 62.5 Å². The molecule has 0 aromatic carbocycles. The van der Waals surface area contributed by atoms with Crippen molar-refractivity contribution in [3.05, 3.63) is 22.6 Å². The van der Waals surface area contributed by atoms with Crippen LogP contribution in [0.15, 0.2) is 21.2 Å². The minimum absolute atomic E-state index is 0.118. The van der Waals surface area contributed by atoms with Gasteiger partial charge in [0.1, 0.15) is 11.8 Å². The zero-order valence-corrected chi connectivity index (χ0v) is 9.54. The third-order valence-electron chi connectivity index (χ3n) is 1.89. The van der Waals surface area contributed by atoms with Crippen LogP contribution in [0.25, 0.3) is 0 Å². The Morgan fingerprint density at radius 2 is 2.21 bits per heavy atom. The smallest absolute Gasteiger partial charge is 0.320 e. The maximum atomic E-state index is 10.6. The van der Waals surface area contributed by atoms with Crippen LogP contribution in [0.1, 0.15) is 25.6 Å². The van der Waals surface area contributed by atoms with Gasteiger partial charge in [-0.2, -0.15) is 0 Å². The van der Waals surface area contributed by atoms with Gasteiger partial charge in [0.05, 0.1) is 6.04 Å². The molecule has 2 atom stereocenters. The summed E-state index contributed by atoms with van der Waals surface area (Å²) in [5.74, 6) is -0.160. The molecule has 2 unspecified atom stereocenters. The van der Waals surface area contributed by atoms with Crippen molar-refractivity contribution in [2.75, 3.05) is 0 Å². The van der Waals surface area contributed by atoms with E-state index in [2.05, 4.69) is 21.2 Å². The van der Waals surface area contributed by atoms with Gasteiger partial charge in [-0.3, -0.25) is 10.1 Å². The van der Waals surface area contributed by atoms with Crippen LogP contribution in [0, 0.1) is 0 Å². The second-order valence-corrected chi connectivity index (χ2v) is 3.87. The molecule has 1 heterocycles. The molecule has 1 rings (SSSR count). The highest BCUT2D eigenvalue weighted by molar-refractivity contribution is 9.10. The van der Waals surface area contributed by atoms with E-state index in [1.165, 1.54) is 0 Å². The quantitative estimate of drug-likeness (QED) is 0.872. The van der Waals surface area contributed by atoms with Gasteiger partial charge in [0, 0.05) is 0 Å². The molecule has 14 heavy (non-hydrogen) atoms. The van der Waals surface area contributed by atoms with Gasteiger partial charge in [0.25, 0.3) is 0 Å². The van der Waals surface area contributed by atoms with Gasteiger partial charge in [-0.05, 0) is 41.9 Å². The molecule has 1 aromatic heterocycles. The summed E-state index contributed by atoms with van der Waals surface area (Å²) >= 11 is 3.18. The molecule has 0 saturated heterocycles. The van der Waals surface area contributed by atoms with E-state index >= 15 is 0 Å². The largest absolute Gasteiger partial charge is 0.480 e. The van der Waals surface area contributed by atoms with Crippen LogP contribution in [0.4, 0.5) is 0 Å². The number of hydrogen-bond donors (Lipinski definition) is 2. The number of hydrogen-bond acceptors (Lipinski definition) is 3. The second-order valence-electron chi connectivity index (χ2n) is 3.09. The fourth-order valence-electron chi connectivity index (χ4n) is 1.09. The summed E-state index contributed by atoms with van der Waals surface area (Å²) in [6.07, 6.45) is 0. The molecule has 78 valence electrons. The molecule has 0 aliphatic heterocycles. The molecular weight excluding hydrogens is 250 g/mol. The van der Waals surface area contributed by atoms with E-state index in [9.17, 15) is 4.79 Å². The number of halogens is 1. The van der Waals surface area contributed by atoms with E-state index in [1.807, 2.05) is 6.92 Å². The van der Waals surface area contributed by atoms with Crippen LogP contribution in [-0.4, -0.2) is 17.1 Å². The third-order valence-corrected chi connectivity index (χ3v) is 2.32. The molecule has 5 heteroatoms. The summed E-state index contributed by atoms with van der Waals surface area (Å²) in [7, 11) is 0. The molecule has 4 nitrogen and oxygen atoms in total. The van der Waals surface area contributed by atoms with Gasteiger partial charge in [-0.1, -0.05) is 0 Å². The van der Waals surface area contributed by atoms with Crippen molar-refractivity contribution in [1.82, 2.24) is 5.32 Å². The van der Waals surface area contributed by atoms with E-state index in [4.69, 9.17) is 9.52 Å². The van der Waals surface area contributed by atoms with Crippen LogP contribution < -0.4 is 5.32 Å². The van der Waals surface area contributed by atoms with E-state index in [0.29, 0.717) is 10.4 Å². The highest BCUT2D eigenvalue weighted by Crippen LogP contribution is 2.20. The van der Waals surface area contributed by atoms with Gasteiger partial charge in [-0.15, -0.1) is 0 Å². The van der Waals surface area contributed by atoms with Crippen molar-refractivity contribution in [1.29, 1.82) is 0 Å². The number of carboxylic acids is 1. The molecule has 0 radical (unpaired) electrons. The van der Waals surface area contributed by atoms with E-state index < -0.39 is 12.0 Å². The fraction of sp³-hybridized carbons (Fsp3) is 0.444. The molecule has 0 spiro atoms. The first kappa shape index (κ1) is 11.3. The Hall–Kier alpha value is -0.810. The Kier molecular flexibility index (Phi) is 3.71. The zero-order chi connectivity index (χ0) is 10.7. The first-order chi connectivity index (χ1) is 6.50. The Bertz CT molecular complexity index is 324. The maximum absolute atomic E-state index is 10.6. The molecular formula is C9H12BrNO3. The Morgan fingerprint density at radius 3 is 2.64 bits per heavy atom. The maximum Gasteiger partial charge on any atom is 0.320 e. The molecule has 0 bridgehead atoms. The summed E-state index contributed by atoms with van der Waals surface area (Å²) in [5, 5.41) is 11.6. The van der Waals surface area contributed by atoms with E-state index in [-0.39, 0.29) is 6.04 Å². The molecule has 0 fully saturated rings. The predicted octanol–water partition coefficient (Wildman–Crippen LogP) is 2.17. The molecule has 0 amide bonds. The average molecular weight is 262 g/mol. The van der Waals surface area contributed by atoms with Gasteiger partial charge in [0.15, 0.2) is 4.67 Å². The summed E-state index contributed by atoms with van der Waals surface area (Å²) in [6, 6.07) is 2.87. The molecule has 0 saturated carbocycles. The number of aliphatic carboxylic acids is 1. The number of furan rings is 1. The molecule has 0 aliphatic carbocycles. The Morgan fingerprint density at radius 1 is 1.57 bits per heavy atom. The Labute approximate surface area is 90.4 Å². The number of nitrogens with one attached hydrogen (secondary N) is 1. The van der Waals surface area contributed by atoms with E-state index in [1.54, 1.807) is 19.1 Å². The SMILES string of the molecule is CC(NC(C)c1ccc(Br)o1)C(=O)O. The third kappa shape index (κ3) is 2.85. The molecule has 1 aromatic rings. The lowest BCUT2D eigenvalue weighted by molar-refractivity contribution is -0.139. The summed E-state index contributed by atoms with van der Waals surface area (Å²) in [4.78, 5) is 10.6. The highest BCUT2D eigenvalue weighted by atomic mass is 79.9. The van der Waals surface area contributed by atoms with Crippen LogP contribution in [0.3, 0.4) is 0 Å². The van der Waals surface area contributed by atoms with Crippen molar-refractivity contribution in [3.8, 4) is 0 Å². The normalized spacial score (nSPS) is 15.1. The Balaban J connectivity index is 2.58. The standard InChI is InChI=1S/C9H12BrNO3/c1-5(11-6(2)9(12)13)7-3-4-8(10)14-7/h3-6,11H,1-2H3,(H,12,13). The lowest BCUT2D eigenvalue weighted by atomic mass is 10.2. The lowest BCUT2D eigenvalue weighted by Crippen LogP contribution is -2.35. The zero-order valence-electron chi connectivity index (χ0n) is 7.95. The number of carbonyl (C=O) groups is 1. The van der Waals surface area contributed by atoms with Crippen LogP contribution in [0.2, 0.25) is 0 Å². The van der Waals surface area contributed by atoms with Crippen molar-refractivity contribution < 1.29 is 14.3 Å².